The summed E-state index contributed by atoms with van der Waals surface area (Å²) in [5, 5.41) is 0. The molecule has 0 saturated carbocycles. The molecule has 1 nitrogen and oxygen atoms in total. The summed E-state index contributed by atoms with van der Waals surface area (Å²) in [6, 6.07) is 0. The molecule has 0 aromatic rings. The van der Waals surface area contributed by atoms with Crippen LogP contribution in [0.4, 0.5) is 0 Å². The summed E-state index contributed by atoms with van der Waals surface area (Å²) in [5.41, 5.74) is 0. The Morgan fingerprint density at radius 2 is 2.29 bits per heavy atom. The number of likely N-dealkylation sites (N-methyl/N-ethyl adjacent to an activating group) is 1. The van der Waals surface area contributed by atoms with Crippen molar-refractivity contribution in [3.8, 4) is 0 Å². The lowest BCUT2D eigenvalue weighted by molar-refractivity contribution is 0.448. The van der Waals surface area contributed by atoms with Crippen LogP contribution in [0.3, 0.4) is 0 Å². The number of hydrogen-bond acceptors (Lipinski definition) is 1. The van der Waals surface area contributed by atoms with Crippen LogP contribution in [0.15, 0.2) is 12.7 Å². The Kier molecular flexibility index (Phi) is 3.71. The summed E-state index contributed by atoms with van der Waals surface area (Å²) in [4.78, 5) is 2.06. The smallest absolute Gasteiger partial charge is 0.0463 e. The van der Waals surface area contributed by atoms with Gasteiger partial charge in [0.25, 0.3) is 0 Å². The number of hydrogen-bond donors (Lipinski definition) is 0. The summed E-state index contributed by atoms with van der Waals surface area (Å²) < 4.78 is 0. The fourth-order valence-corrected chi connectivity index (χ4v) is 0.285. The van der Waals surface area contributed by atoms with Gasteiger partial charge in [-0.15, -0.1) is 6.58 Å². The van der Waals surface area contributed by atoms with Crippen molar-refractivity contribution in [3.63, 3.8) is 0 Å². The van der Waals surface area contributed by atoms with E-state index in [1.165, 1.54) is 0 Å². The van der Waals surface area contributed by atoms with Crippen LogP contribution in [0, 0.1) is 6.54 Å². The van der Waals surface area contributed by atoms with Crippen molar-refractivity contribution >= 4 is 0 Å². The van der Waals surface area contributed by atoms with Crippen molar-refractivity contribution in [1.29, 1.82) is 0 Å². The van der Waals surface area contributed by atoms with Gasteiger partial charge in [0.15, 0.2) is 0 Å². The Hall–Kier alpha value is -0.300. The van der Waals surface area contributed by atoms with Gasteiger partial charge < -0.3 is 0 Å². The Morgan fingerprint density at radius 3 is 2.43 bits per heavy atom. The lowest BCUT2D eigenvalue weighted by atomic mass is 10.5. The largest absolute Gasteiger partial charge is 0.298 e. The van der Waals surface area contributed by atoms with E-state index >= 15 is 0 Å². The number of rotatable bonds is 3. The predicted octanol–water partition coefficient (Wildman–Crippen LogP) is 1.29. The molecule has 0 N–H and O–H groups in total. The molecule has 0 aromatic heterocycles. The van der Waals surface area contributed by atoms with Crippen LogP contribution in [0.5, 0.6) is 0 Å². The van der Waals surface area contributed by atoms with Gasteiger partial charge >= 0.3 is 0 Å². The zero-order chi connectivity index (χ0) is 5.70. The van der Waals surface area contributed by atoms with Gasteiger partial charge in [-0.1, -0.05) is 13.0 Å². The van der Waals surface area contributed by atoms with Crippen LogP contribution >= 0.6 is 0 Å². The Labute approximate surface area is 45.6 Å². The standard InChI is InChI=1S/C6H12N/c1-4-6-7(3)5-2/h4,6H,1,5H2,2-3H3. The van der Waals surface area contributed by atoms with Crippen LogP contribution in [-0.2, 0) is 0 Å². The minimum atomic E-state index is 1.05. The highest BCUT2D eigenvalue weighted by Crippen LogP contribution is 1.84. The van der Waals surface area contributed by atoms with Gasteiger partial charge in [0.1, 0.15) is 0 Å². The fraction of sp³-hybridized carbons (Fsp3) is 0.500. The van der Waals surface area contributed by atoms with Gasteiger partial charge in [0, 0.05) is 6.54 Å². The molecule has 0 rings (SSSR count). The summed E-state index contributed by atoms with van der Waals surface area (Å²) >= 11 is 0. The Bertz CT molecular complexity index is 50.1. The third-order valence-electron chi connectivity index (χ3n) is 0.859. The highest BCUT2D eigenvalue weighted by atomic mass is 15.1. The second-order valence-electron chi connectivity index (χ2n) is 1.46. The highest BCUT2D eigenvalue weighted by Gasteiger charge is 1.84. The molecule has 7 heavy (non-hydrogen) atoms. The van der Waals surface area contributed by atoms with Gasteiger partial charge in [-0.25, -0.2) is 0 Å². The maximum atomic E-state index is 3.55. The molecule has 0 amide bonds. The fourth-order valence-electron chi connectivity index (χ4n) is 0.285. The molecule has 0 saturated heterocycles. The molecule has 0 aromatic carbocycles. The average molecular weight is 98.2 g/mol. The molecule has 0 aliphatic carbocycles. The molecule has 1 heteroatoms. The quantitative estimate of drug-likeness (QED) is 0.514. The zero-order valence-electron chi connectivity index (χ0n) is 5.02. The van der Waals surface area contributed by atoms with Crippen molar-refractivity contribution in [2.75, 3.05) is 13.6 Å². The highest BCUT2D eigenvalue weighted by molar-refractivity contribution is 4.83. The topological polar surface area (TPSA) is 3.24 Å². The van der Waals surface area contributed by atoms with Gasteiger partial charge in [0.05, 0.1) is 0 Å². The first kappa shape index (κ1) is 6.70. The Morgan fingerprint density at radius 1 is 1.71 bits per heavy atom. The SMILES string of the molecule is C=C[CH]N(C)CC. The average Bonchev–Trinajstić information content (AvgIpc) is 1.68. The summed E-state index contributed by atoms with van der Waals surface area (Å²) in [6.45, 7) is 8.64. The molecule has 0 heterocycles. The van der Waals surface area contributed by atoms with Crippen LogP contribution in [-0.4, -0.2) is 18.5 Å². The minimum Gasteiger partial charge on any atom is -0.298 e. The summed E-state index contributed by atoms with van der Waals surface area (Å²) in [5.74, 6) is 0. The molecule has 1 radical (unpaired) electrons. The van der Waals surface area contributed by atoms with Crippen LogP contribution in [0.25, 0.3) is 0 Å². The van der Waals surface area contributed by atoms with E-state index in [0.29, 0.717) is 0 Å². The van der Waals surface area contributed by atoms with Crippen LogP contribution in [0.1, 0.15) is 6.92 Å². The molecule has 0 spiro atoms. The lowest BCUT2D eigenvalue weighted by Crippen LogP contribution is -2.11. The third kappa shape index (κ3) is 3.53. The van der Waals surface area contributed by atoms with Crippen molar-refractivity contribution in [2.45, 2.75) is 6.92 Å². The maximum Gasteiger partial charge on any atom is 0.0463 e. The van der Waals surface area contributed by atoms with Crippen molar-refractivity contribution < 1.29 is 0 Å². The van der Waals surface area contributed by atoms with Gasteiger partial charge in [-0.2, -0.15) is 0 Å². The second kappa shape index (κ2) is 3.88. The molecular formula is C6H12N. The van der Waals surface area contributed by atoms with E-state index in [9.17, 15) is 0 Å². The molecule has 0 fully saturated rings. The predicted molar refractivity (Wildman–Crippen MR) is 32.8 cm³/mol. The number of nitrogens with zero attached hydrogens (tertiary/aromatic N) is 1. The van der Waals surface area contributed by atoms with Gasteiger partial charge in [0.2, 0.25) is 0 Å². The maximum absolute atomic E-state index is 3.55. The van der Waals surface area contributed by atoms with Crippen molar-refractivity contribution in [1.82, 2.24) is 4.90 Å². The van der Waals surface area contributed by atoms with E-state index in [4.69, 9.17) is 0 Å². The molecule has 0 bridgehead atoms. The molecule has 0 unspecified atom stereocenters. The van der Waals surface area contributed by atoms with E-state index < -0.39 is 0 Å². The lowest BCUT2D eigenvalue weighted by Gasteiger charge is -2.07. The van der Waals surface area contributed by atoms with Crippen LogP contribution < -0.4 is 0 Å². The minimum absolute atomic E-state index is 1.05. The molecular weight excluding hydrogens is 86.1 g/mol. The summed E-state index contributed by atoms with van der Waals surface area (Å²) in [7, 11) is 2.02. The normalized spacial score (nSPS) is 9.57. The van der Waals surface area contributed by atoms with Crippen molar-refractivity contribution in [2.24, 2.45) is 0 Å². The first-order valence-corrected chi connectivity index (χ1v) is 2.47. The van der Waals surface area contributed by atoms with Crippen LogP contribution in [0.2, 0.25) is 0 Å². The van der Waals surface area contributed by atoms with E-state index in [1.807, 2.05) is 13.6 Å². The van der Waals surface area contributed by atoms with E-state index in [-0.39, 0.29) is 0 Å². The molecule has 41 valence electrons. The monoisotopic (exact) mass is 98.1 g/mol. The van der Waals surface area contributed by atoms with Gasteiger partial charge in [-0.05, 0) is 13.6 Å². The third-order valence-corrected chi connectivity index (χ3v) is 0.859. The Balaban J connectivity index is 2.98. The van der Waals surface area contributed by atoms with E-state index in [0.717, 1.165) is 6.54 Å². The zero-order valence-corrected chi connectivity index (χ0v) is 5.02. The molecule has 0 aliphatic rings. The molecule has 0 aliphatic heterocycles. The van der Waals surface area contributed by atoms with E-state index in [2.05, 4.69) is 18.4 Å². The summed E-state index contributed by atoms with van der Waals surface area (Å²) in [6.07, 6.45) is 1.78. The van der Waals surface area contributed by atoms with Crippen molar-refractivity contribution in [3.05, 3.63) is 19.2 Å². The second-order valence-corrected chi connectivity index (χ2v) is 1.46. The first-order valence-electron chi connectivity index (χ1n) is 2.47. The molecule has 0 atom stereocenters. The first-order chi connectivity index (χ1) is 3.31. The van der Waals surface area contributed by atoms with E-state index in [1.54, 1.807) is 6.08 Å². The van der Waals surface area contributed by atoms with Gasteiger partial charge in [-0.3, -0.25) is 4.90 Å².